The summed E-state index contributed by atoms with van der Waals surface area (Å²) in [5.74, 6) is -0.378. The summed E-state index contributed by atoms with van der Waals surface area (Å²) in [5, 5.41) is 8.85. The van der Waals surface area contributed by atoms with Gasteiger partial charge in [-0.05, 0) is 37.1 Å². The zero-order valence-corrected chi connectivity index (χ0v) is 11.4. The Kier molecular flexibility index (Phi) is 4.51. The lowest BCUT2D eigenvalue weighted by molar-refractivity contribution is -0.137. The topological polar surface area (TPSA) is 44.1 Å². The molecule has 0 atom stereocenters. The van der Waals surface area contributed by atoms with Gasteiger partial charge in [-0.25, -0.2) is 0 Å². The van der Waals surface area contributed by atoms with Crippen LogP contribution in [0.25, 0.3) is 0 Å². The van der Waals surface area contributed by atoms with E-state index in [1.807, 2.05) is 6.07 Å². The Labute approximate surface area is 121 Å². The molecule has 0 aromatic heterocycles. The van der Waals surface area contributed by atoms with Gasteiger partial charge in [-0.2, -0.15) is 18.4 Å². The largest absolute Gasteiger partial charge is 0.416 e. The van der Waals surface area contributed by atoms with E-state index in [0.717, 1.165) is 37.8 Å². The highest BCUT2D eigenvalue weighted by molar-refractivity contribution is 5.94. The van der Waals surface area contributed by atoms with Gasteiger partial charge >= 0.3 is 6.18 Å². The first-order valence-electron chi connectivity index (χ1n) is 6.78. The van der Waals surface area contributed by atoms with E-state index in [0.29, 0.717) is 0 Å². The summed E-state index contributed by atoms with van der Waals surface area (Å²) in [4.78, 5) is 13.8. The second-order valence-electron chi connectivity index (χ2n) is 5.10. The van der Waals surface area contributed by atoms with E-state index in [4.69, 9.17) is 5.26 Å². The number of carbonyl (C=O) groups excluding carboxylic acids is 1. The van der Waals surface area contributed by atoms with E-state index in [9.17, 15) is 18.0 Å². The average Bonchev–Trinajstić information content (AvgIpc) is 2.97. The third kappa shape index (κ3) is 3.54. The third-order valence-corrected chi connectivity index (χ3v) is 3.73. The lowest BCUT2D eigenvalue weighted by Gasteiger charge is -2.26. The fraction of sp³-hybridized carbons (Fsp3) is 0.467. The van der Waals surface area contributed by atoms with E-state index in [-0.39, 0.29) is 24.1 Å². The zero-order valence-electron chi connectivity index (χ0n) is 11.4. The number of benzene rings is 1. The molecule has 1 aliphatic carbocycles. The van der Waals surface area contributed by atoms with Gasteiger partial charge in [-0.15, -0.1) is 0 Å². The van der Waals surface area contributed by atoms with Crippen LogP contribution in [0.1, 0.15) is 41.6 Å². The first kappa shape index (κ1) is 15.4. The first-order valence-corrected chi connectivity index (χ1v) is 6.78. The molecule has 1 aliphatic rings. The SMILES string of the molecule is N#CCN(C(=O)c1ccc(C(F)(F)F)cc1)C1CCCC1. The molecular weight excluding hydrogens is 281 g/mol. The van der Waals surface area contributed by atoms with Crippen molar-refractivity contribution < 1.29 is 18.0 Å². The molecule has 3 nitrogen and oxygen atoms in total. The van der Waals surface area contributed by atoms with Crippen molar-refractivity contribution in [1.82, 2.24) is 4.90 Å². The van der Waals surface area contributed by atoms with Gasteiger partial charge in [-0.3, -0.25) is 4.79 Å². The molecule has 1 aromatic rings. The Bertz CT molecular complexity index is 540. The van der Waals surface area contributed by atoms with Crippen LogP contribution >= 0.6 is 0 Å². The number of hydrogen-bond donors (Lipinski definition) is 0. The number of hydrogen-bond acceptors (Lipinski definition) is 2. The number of amides is 1. The monoisotopic (exact) mass is 296 g/mol. The van der Waals surface area contributed by atoms with Gasteiger partial charge in [0.25, 0.3) is 5.91 Å². The summed E-state index contributed by atoms with van der Waals surface area (Å²) < 4.78 is 37.5. The highest BCUT2D eigenvalue weighted by Gasteiger charge is 2.31. The van der Waals surface area contributed by atoms with Gasteiger partial charge in [-0.1, -0.05) is 12.8 Å². The lowest BCUT2D eigenvalue weighted by Crippen LogP contribution is -2.39. The molecule has 0 N–H and O–H groups in total. The van der Waals surface area contributed by atoms with Gasteiger partial charge in [0.15, 0.2) is 0 Å². The molecule has 0 unspecified atom stereocenters. The second-order valence-corrected chi connectivity index (χ2v) is 5.10. The number of halogens is 3. The number of nitrogens with zero attached hydrogens (tertiary/aromatic N) is 2. The van der Waals surface area contributed by atoms with Gasteiger partial charge in [0, 0.05) is 11.6 Å². The minimum absolute atomic E-state index is 0.0134. The molecule has 0 spiro atoms. The normalized spacial score (nSPS) is 15.7. The van der Waals surface area contributed by atoms with Gasteiger partial charge in [0.2, 0.25) is 0 Å². The van der Waals surface area contributed by atoms with E-state index in [2.05, 4.69) is 0 Å². The number of alkyl halides is 3. The Morgan fingerprint density at radius 3 is 2.29 bits per heavy atom. The smallest absolute Gasteiger partial charge is 0.322 e. The maximum absolute atomic E-state index is 12.5. The van der Waals surface area contributed by atoms with Crippen molar-refractivity contribution in [3.63, 3.8) is 0 Å². The van der Waals surface area contributed by atoms with Crippen molar-refractivity contribution >= 4 is 5.91 Å². The molecule has 2 rings (SSSR count). The van der Waals surface area contributed by atoms with Crippen molar-refractivity contribution in [2.24, 2.45) is 0 Å². The number of nitriles is 1. The molecule has 1 amide bonds. The number of rotatable bonds is 3. The molecule has 112 valence electrons. The molecule has 0 radical (unpaired) electrons. The average molecular weight is 296 g/mol. The molecule has 0 heterocycles. The first-order chi connectivity index (χ1) is 9.93. The van der Waals surface area contributed by atoms with Gasteiger partial charge in [0.1, 0.15) is 6.54 Å². The van der Waals surface area contributed by atoms with E-state index >= 15 is 0 Å². The summed E-state index contributed by atoms with van der Waals surface area (Å²) in [6.45, 7) is -0.0372. The molecule has 21 heavy (non-hydrogen) atoms. The van der Waals surface area contributed by atoms with Crippen molar-refractivity contribution in [2.75, 3.05) is 6.54 Å². The maximum atomic E-state index is 12.5. The molecule has 1 aromatic carbocycles. The van der Waals surface area contributed by atoms with Crippen LogP contribution in [0.5, 0.6) is 0 Å². The fourth-order valence-corrected chi connectivity index (χ4v) is 2.63. The second kappa shape index (κ2) is 6.17. The van der Waals surface area contributed by atoms with Crippen LogP contribution in [0.4, 0.5) is 13.2 Å². The molecule has 0 saturated heterocycles. The fourth-order valence-electron chi connectivity index (χ4n) is 2.63. The minimum Gasteiger partial charge on any atom is -0.322 e. The predicted octanol–water partition coefficient (Wildman–Crippen LogP) is 3.61. The molecular formula is C15H15F3N2O. The van der Waals surface area contributed by atoms with Crippen molar-refractivity contribution in [3.05, 3.63) is 35.4 Å². The van der Waals surface area contributed by atoms with Crippen LogP contribution in [-0.4, -0.2) is 23.4 Å². The van der Waals surface area contributed by atoms with E-state index in [1.165, 1.54) is 17.0 Å². The van der Waals surface area contributed by atoms with Crippen LogP contribution in [0.15, 0.2) is 24.3 Å². The Hall–Kier alpha value is -2.03. The summed E-state index contributed by atoms with van der Waals surface area (Å²) in [7, 11) is 0. The van der Waals surface area contributed by atoms with E-state index < -0.39 is 11.7 Å². The van der Waals surface area contributed by atoms with E-state index in [1.54, 1.807) is 0 Å². The van der Waals surface area contributed by atoms with Crippen LogP contribution in [0, 0.1) is 11.3 Å². The Balaban J connectivity index is 2.18. The minimum atomic E-state index is -4.42. The highest BCUT2D eigenvalue weighted by Crippen LogP contribution is 2.30. The van der Waals surface area contributed by atoms with Gasteiger partial charge in [0.05, 0.1) is 11.6 Å². The molecule has 0 aliphatic heterocycles. The standard InChI is InChI=1S/C15H15F3N2O/c16-15(17,18)12-7-5-11(6-8-12)14(21)20(10-9-19)13-3-1-2-4-13/h5-8,13H,1-4,10H2. The quantitative estimate of drug-likeness (QED) is 0.800. The summed E-state index contributed by atoms with van der Waals surface area (Å²) in [5.41, 5.74) is -0.600. The summed E-state index contributed by atoms with van der Waals surface area (Å²) in [6, 6.07) is 6.10. The zero-order chi connectivity index (χ0) is 15.5. The number of carbonyl (C=O) groups is 1. The van der Waals surface area contributed by atoms with Gasteiger partial charge < -0.3 is 4.90 Å². The molecule has 1 saturated carbocycles. The van der Waals surface area contributed by atoms with Crippen molar-refractivity contribution in [3.8, 4) is 6.07 Å². The summed E-state index contributed by atoms with van der Waals surface area (Å²) >= 11 is 0. The maximum Gasteiger partial charge on any atom is 0.416 e. The Morgan fingerprint density at radius 2 is 1.81 bits per heavy atom. The summed E-state index contributed by atoms with van der Waals surface area (Å²) in [6.07, 6.45) is -0.721. The van der Waals surface area contributed by atoms with Crippen LogP contribution < -0.4 is 0 Å². The molecule has 0 bridgehead atoms. The van der Waals surface area contributed by atoms with Crippen LogP contribution in [-0.2, 0) is 6.18 Å². The van der Waals surface area contributed by atoms with Crippen LogP contribution in [0.3, 0.4) is 0 Å². The third-order valence-electron chi connectivity index (χ3n) is 3.73. The van der Waals surface area contributed by atoms with Crippen LogP contribution in [0.2, 0.25) is 0 Å². The lowest BCUT2D eigenvalue weighted by atomic mass is 10.1. The van der Waals surface area contributed by atoms with Crippen molar-refractivity contribution in [2.45, 2.75) is 37.9 Å². The highest BCUT2D eigenvalue weighted by atomic mass is 19.4. The predicted molar refractivity (Wildman–Crippen MR) is 70.3 cm³/mol. The molecule has 6 heteroatoms. The molecule has 1 fully saturated rings. The Morgan fingerprint density at radius 1 is 1.24 bits per heavy atom. The van der Waals surface area contributed by atoms with Crippen molar-refractivity contribution in [1.29, 1.82) is 5.26 Å².